The lowest BCUT2D eigenvalue weighted by molar-refractivity contribution is -0.121. The summed E-state index contributed by atoms with van der Waals surface area (Å²) in [6.45, 7) is 6.50. The molecule has 0 bridgehead atoms. The third kappa shape index (κ3) is 3.54. The molecule has 3 aromatic heterocycles. The molecule has 4 heterocycles. The summed E-state index contributed by atoms with van der Waals surface area (Å²) in [4.78, 5) is 33.5. The highest BCUT2D eigenvalue weighted by Gasteiger charge is 2.24. The molecule has 1 aliphatic rings. The SMILES string of the molecule is CCN(CC1CCCCN1C=O)c1ccnc(-c2cnc3cnc(C)cn23)n1. The minimum Gasteiger partial charge on any atom is -0.355 e. The maximum Gasteiger partial charge on any atom is 0.210 e. The molecule has 1 atom stereocenters. The fourth-order valence-corrected chi connectivity index (χ4v) is 3.80. The summed E-state index contributed by atoms with van der Waals surface area (Å²) in [5.41, 5.74) is 2.51. The summed E-state index contributed by atoms with van der Waals surface area (Å²) in [7, 11) is 0. The van der Waals surface area contributed by atoms with Gasteiger partial charge in [-0.2, -0.15) is 0 Å². The number of carbonyl (C=O) groups is 1. The molecule has 1 saturated heterocycles. The van der Waals surface area contributed by atoms with Crippen LogP contribution in [0.4, 0.5) is 5.82 Å². The number of imidazole rings is 1. The van der Waals surface area contributed by atoms with Crippen molar-refractivity contribution in [1.82, 2.24) is 29.2 Å². The Kier molecular flexibility index (Phi) is 5.18. The Morgan fingerprint density at radius 3 is 2.96 bits per heavy atom. The van der Waals surface area contributed by atoms with E-state index < -0.39 is 0 Å². The fourth-order valence-electron chi connectivity index (χ4n) is 3.80. The molecule has 8 heteroatoms. The van der Waals surface area contributed by atoms with Crippen LogP contribution in [0.5, 0.6) is 0 Å². The van der Waals surface area contributed by atoms with Crippen molar-refractivity contribution in [3.63, 3.8) is 0 Å². The summed E-state index contributed by atoms with van der Waals surface area (Å²) < 4.78 is 1.97. The number of hydrogen-bond acceptors (Lipinski definition) is 6. The fraction of sp³-hybridized carbons (Fsp3) is 0.450. The Balaban J connectivity index is 1.63. The second-order valence-electron chi connectivity index (χ2n) is 7.17. The van der Waals surface area contributed by atoms with Crippen LogP contribution in [0.15, 0.2) is 30.9 Å². The lowest BCUT2D eigenvalue weighted by Gasteiger charge is -2.36. The Labute approximate surface area is 164 Å². The Bertz CT molecular complexity index is 970. The van der Waals surface area contributed by atoms with Crippen molar-refractivity contribution in [2.45, 2.75) is 39.2 Å². The largest absolute Gasteiger partial charge is 0.355 e. The number of hydrogen-bond donors (Lipinski definition) is 0. The number of likely N-dealkylation sites (tertiary alicyclic amines) is 1. The van der Waals surface area contributed by atoms with E-state index in [9.17, 15) is 4.79 Å². The van der Waals surface area contributed by atoms with Gasteiger partial charge in [-0.1, -0.05) is 0 Å². The van der Waals surface area contributed by atoms with E-state index in [-0.39, 0.29) is 6.04 Å². The maximum absolute atomic E-state index is 11.4. The Hall–Kier alpha value is -3.03. The zero-order valence-electron chi connectivity index (χ0n) is 16.3. The molecule has 1 fully saturated rings. The molecule has 0 aromatic carbocycles. The van der Waals surface area contributed by atoms with Crippen molar-refractivity contribution >= 4 is 17.9 Å². The van der Waals surface area contributed by atoms with Gasteiger partial charge in [0.15, 0.2) is 11.5 Å². The number of anilines is 1. The van der Waals surface area contributed by atoms with E-state index in [2.05, 4.69) is 26.8 Å². The van der Waals surface area contributed by atoms with Gasteiger partial charge >= 0.3 is 0 Å². The van der Waals surface area contributed by atoms with E-state index in [1.165, 1.54) is 0 Å². The molecule has 28 heavy (non-hydrogen) atoms. The van der Waals surface area contributed by atoms with Gasteiger partial charge < -0.3 is 9.80 Å². The van der Waals surface area contributed by atoms with Crippen LogP contribution in [-0.4, -0.2) is 61.3 Å². The number of amides is 1. The van der Waals surface area contributed by atoms with E-state index in [0.717, 1.165) is 68.2 Å². The van der Waals surface area contributed by atoms with Crippen LogP contribution in [0, 0.1) is 6.92 Å². The molecule has 1 aliphatic heterocycles. The molecule has 0 saturated carbocycles. The Morgan fingerprint density at radius 1 is 1.25 bits per heavy atom. The molecule has 3 aromatic rings. The van der Waals surface area contributed by atoms with E-state index in [4.69, 9.17) is 4.98 Å². The number of aromatic nitrogens is 5. The molecule has 1 unspecified atom stereocenters. The quantitative estimate of drug-likeness (QED) is 0.612. The van der Waals surface area contributed by atoms with Gasteiger partial charge in [-0.15, -0.1) is 0 Å². The molecule has 8 nitrogen and oxygen atoms in total. The van der Waals surface area contributed by atoms with E-state index in [1.807, 2.05) is 28.5 Å². The number of fused-ring (bicyclic) bond motifs is 1. The molecular formula is C20H25N7O. The second-order valence-corrected chi connectivity index (χ2v) is 7.17. The van der Waals surface area contributed by atoms with Gasteiger partial charge in [0.25, 0.3) is 0 Å². The number of piperidine rings is 1. The number of aryl methyl sites for hydroxylation is 1. The predicted octanol–water partition coefficient (Wildman–Crippen LogP) is 2.33. The van der Waals surface area contributed by atoms with E-state index in [1.54, 1.807) is 18.6 Å². The van der Waals surface area contributed by atoms with Crippen molar-refractivity contribution in [2.75, 3.05) is 24.5 Å². The van der Waals surface area contributed by atoms with Crippen molar-refractivity contribution in [2.24, 2.45) is 0 Å². The van der Waals surface area contributed by atoms with Crippen molar-refractivity contribution in [3.8, 4) is 11.5 Å². The van der Waals surface area contributed by atoms with Gasteiger partial charge in [-0.05, 0) is 39.2 Å². The van der Waals surface area contributed by atoms with Crippen molar-refractivity contribution in [3.05, 3.63) is 36.5 Å². The third-order valence-electron chi connectivity index (χ3n) is 5.34. The average molecular weight is 379 g/mol. The van der Waals surface area contributed by atoms with Gasteiger partial charge in [0, 0.05) is 38.1 Å². The van der Waals surface area contributed by atoms with Crippen LogP contribution >= 0.6 is 0 Å². The minimum atomic E-state index is 0.231. The van der Waals surface area contributed by atoms with Gasteiger partial charge in [0.1, 0.15) is 11.5 Å². The first kappa shape index (κ1) is 18.3. The van der Waals surface area contributed by atoms with Gasteiger partial charge in [-0.3, -0.25) is 14.2 Å². The van der Waals surface area contributed by atoms with Crippen LogP contribution in [0.3, 0.4) is 0 Å². The summed E-state index contributed by atoms with van der Waals surface area (Å²) in [5.74, 6) is 1.49. The second kappa shape index (κ2) is 7.92. The molecule has 4 rings (SSSR count). The van der Waals surface area contributed by atoms with Crippen LogP contribution in [0.25, 0.3) is 17.2 Å². The number of likely N-dealkylation sites (N-methyl/N-ethyl adjacent to an activating group) is 1. The minimum absolute atomic E-state index is 0.231. The van der Waals surface area contributed by atoms with Crippen molar-refractivity contribution < 1.29 is 4.79 Å². The first-order chi connectivity index (χ1) is 13.7. The molecule has 146 valence electrons. The lowest BCUT2D eigenvalue weighted by Crippen LogP contribution is -2.46. The van der Waals surface area contributed by atoms with Crippen LogP contribution < -0.4 is 4.90 Å². The summed E-state index contributed by atoms with van der Waals surface area (Å²) in [6, 6.07) is 2.16. The summed E-state index contributed by atoms with van der Waals surface area (Å²) in [6.07, 6.45) is 11.5. The maximum atomic E-state index is 11.4. The predicted molar refractivity (Wildman–Crippen MR) is 107 cm³/mol. The molecule has 0 N–H and O–H groups in total. The zero-order chi connectivity index (χ0) is 19.5. The summed E-state index contributed by atoms with van der Waals surface area (Å²) in [5, 5.41) is 0. The highest BCUT2D eigenvalue weighted by Crippen LogP contribution is 2.22. The van der Waals surface area contributed by atoms with E-state index >= 15 is 0 Å². The molecule has 0 radical (unpaired) electrons. The van der Waals surface area contributed by atoms with Gasteiger partial charge in [0.2, 0.25) is 6.41 Å². The molecule has 0 aliphatic carbocycles. The first-order valence-corrected chi connectivity index (χ1v) is 9.78. The monoisotopic (exact) mass is 379 g/mol. The standard InChI is InChI=1S/C20H25N7O/c1-3-25(13-16-6-4-5-9-26(16)14-28)18-7-8-21-20(24-18)17-10-23-19-11-22-15(2)12-27(17)19/h7-8,10-12,14,16H,3-6,9,13H2,1-2H3. The molecule has 0 spiro atoms. The van der Waals surface area contributed by atoms with Gasteiger partial charge in [-0.25, -0.2) is 15.0 Å². The van der Waals surface area contributed by atoms with Crippen molar-refractivity contribution in [1.29, 1.82) is 0 Å². The highest BCUT2D eigenvalue weighted by atomic mass is 16.1. The van der Waals surface area contributed by atoms with Crippen LogP contribution in [-0.2, 0) is 4.79 Å². The molecular weight excluding hydrogens is 354 g/mol. The zero-order valence-corrected chi connectivity index (χ0v) is 16.3. The average Bonchev–Trinajstić information content (AvgIpc) is 3.15. The number of rotatable bonds is 6. The third-order valence-corrected chi connectivity index (χ3v) is 5.34. The highest BCUT2D eigenvalue weighted by molar-refractivity contribution is 5.58. The number of carbonyl (C=O) groups excluding carboxylic acids is 1. The van der Waals surface area contributed by atoms with Gasteiger partial charge in [0.05, 0.1) is 18.1 Å². The lowest BCUT2D eigenvalue weighted by atomic mass is 10.0. The van der Waals surface area contributed by atoms with E-state index in [0.29, 0.717) is 5.82 Å². The topological polar surface area (TPSA) is 79.5 Å². The normalized spacial score (nSPS) is 17.1. The van der Waals surface area contributed by atoms with Crippen LogP contribution in [0.2, 0.25) is 0 Å². The first-order valence-electron chi connectivity index (χ1n) is 9.78. The summed E-state index contributed by atoms with van der Waals surface area (Å²) >= 11 is 0. The number of nitrogens with zero attached hydrogens (tertiary/aromatic N) is 7. The smallest absolute Gasteiger partial charge is 0.210 e. The Morgan fingerprint density at radius 2 is 2.14 bits per heavy atom. The van der Waals surface area contributed by atoms with Crippen LogP contribution in [0.1, 0.15) is 31.9 Å². The molecule has 1 amide bonds.